The molecule has 0 aliphatic carbocycles. The van der Waals surface area contributed by atoms with Gasteiger partial charge in [-0.3, -0.25) is 4.79 Å². The van der Waals surface area contributed by atoms with Crippen LogP contribution in [0.1, 0.15) is 39.2 Å². The van der Waals surface area contributed by atoms with E-state index in [2.05, 4.69) is 37.1 Å². The largest absolute Gasteiger partial charge is 0.397 e. The van der Waals surface area contributed by atoms with E-state index in [9.17, 15) is 4.79 Å². The van der Waals surface area contributed by atoms with Crippen molar-refractivity contribution < 1.29 is 4.79 Å². The highest BCUT2D eigenvalue weighted by molar-refractivity contribution is 5.95. The van der Waals surface area contributed by atoms with Gasteiger partial charge in [0.25, 0.3) is 0 Å². The van der Waals surface area contributed by atoms with Gasteiger partial charge in [0.2, 0.25) is 5.91 Å². The lowest BCUT2D eigenvalue weighted by molar-refractivity contribution is -0.116. The number of carbonyl (C=O) groups excluding carboxylic acids is 1. The standard InChI is InChI=1S/C15H23N3O/c1-4-7-18(10(2)3)14-8-11-5-6-15(19)17-13(11)9-12(14)16/h8-10H,4-7,16H2,1-3H3,(H,17,19). The van der Waals surface area contributed by atoms with Crippen molar-refractivity contribution in [3.05, 3.63) is 17.7 Å². The molecule has 4 nitrogen and oxygen atoms in total. The molecule has 1 heterocycles. The van der Waals surface area contributed by atoms with E-state index in [0.717, 1.165) is 36.4 Å². The quantitative estimate of drug-likeness (QED) is 0.819. The van der Waals surface area contributed by atoms with E-state index in [-0.39, 0.29) is 5.91 Å². The van der Waals surface area contributed by atoms with E-state index in [4.69, 9.17) is 5.73 Å². The summed E-state index contributed by atoms with van der Waals surface area (Å²) in [6, 6.07) is 4.45. The summed E-state index contributed by atoms with van der Waals surface area (Å²) in [4.78, 5) is 13.7. The molecule has 1 aliphatic rings. The maximum atomic E-state index is 11.4. The monoisotopic (exact) mass is 261 g/mol. The molecule has 0 atom stereocenters. The fourth-order valence-electron chi connectivity index (χ4n) is 2.58. The van der Waals surface area contributed by atoms with Crippen LogP contribution in [0.3, 0.4) is 0 Å². The molecule has 0 saturated carbocycles. The second-order valence-electron chi connectivity index (χ2n) is 5.40. The van der Waals surface area contributed by atoms with Crippen molar-refractivity contribution >= 4 is 23.0 Å². The smallest absolute Gasteiger partial charge is 0.224 e. The minimum absolute atomic E-state index is 0.0777. The lowest BCUT2D eigenvalue weighted by atomic mass is 10.0. The van der Waals surface area contributed by atoms with Gasteiger partial charge in [-0.25, -0.2) is 0 Å². The third-order valence-corrected chi connectivity index (χ3v) is 3.55. The van der Waals surface area contributed by atoms with Crippen LogP contribution in [0.4, 0.5) is 17.1 Å². The molecule has 1 aromatic rings. The van der Waals surface area contributed by atoms with Crippen molar-refractivity contribution in [3.8, 4) is 0 Å². The molecule has 19 heavy (non-hydrogen) atoms. The first kappa shape index (κ1) is 13.7. The summed E-state index contributed by atoms with van der Waals surface area (Å²) in [5.74, 6) is 0.0777. The molecule has 0 spiro atoms. The zero-order valence-electron chi connectivity index (χ0n) is 12.0. The van der Waals surface area contributed by atoms with Crippen molar-refractivity contribution in [2.75, 3.05) is 22.5 Å². The Morgan fingerprint density at radius 2 is 2.11 bits per heavy atom. The van der Waals surface area contributed by atoms with E-state index >= 15 is 0 Å². The number of nitrogen functional groups attached to an aromatic ring is 1. The van der Waals surface area contributed by atoms with Crippen molar-refractivity contribution in [3.63, 3.8) is 0 Å². The van der Waals surface area contributed by atoms with Gasteiger partial charge in [0.05, 0.1) is 11.4 Å². The molecule has 1 aromatic carbocycles. The predicted octanol–water partition coefficient (Wildman–Crippen LogP) is 2.78. The van der Waals surface area contributed by atoms with Gasteiger partial charge < -0.3 is 16.0 Å². The second-order valence-corrected chi connectivity index (χ2v) is 5.40. The fraction of sp³-hybridized carbons (Fsp3) is 0.533. The van der Waals surface area contributed by atoms with Gasteiger partial charge in [-0.15, -0.1) is 0 Å². The number of nitrogens with two attached hydrogens (primary N) is 1. The Bertz CT molecular complexity index is 483. The van der Waals surface area contributed by atoms with Crippen molar-refractivity contribution in [1.82, 2.24) is 0 Å². The van der Waals surface area contributed by atoms with Crippen LogP contribution in [0, 0.1) is 0 Å². The number of amides is 1. The normalized spacial score (nSPS) is 14.2. The molecule has 1 aliphatic heterocycles. The zero-order valence-corrected chi connectivity index (χ0v) is 12.0. The summed E-state index contributed by atoms with van der Waals surface area (Å²) in [6.07, 6.45) is 2.45. The van der Waals surface area contributed by atoms with Crippen LogP contribution < -0.4 is 16.0 Å². The topological polar surface area (TPSA) is 58.4 Å². The summed E-state index contributed by atoms with van der Waals surface area (Å²) in [6.45, 7) is 7.52. The van der Waals surface area contributed by atoms with Crippen molar-refractivity contribution in [1.29, 1.82) is 0 Å². The number of aryl methyl sites for hydroxylation is 1. The van der Waals surface area contributed by atoms with Gasteiger partial charge in [-0.2, -0.15) is 0 Å². The molecule has 0 unspecified atom stereocenters. The van der Waals surface area contributed by atoms with Gasteiger partial charge in [-0.1, -0.05) is 6.92 Å². The lowest BCUT2D eigenvalue weighted by Gasteiger charge is -2.31. The van der Waals surface area contributed by atoms with Crippen LogP contribution in [-0.2, 0) is 11.2 Å². The number of anilines is 3. The van der Waals surface area contributed by atoms with Gasteiger partial charge in [0, 0.05) is 24.7 Å². The third kappa shape index (κ3) is 2.83. The number of carbonyl (C=O) groups is 1. The summed E-state index contributed by atoms with van der Waals surface area (Å²) in [5.41, 5.74) is 10.1. The van der Waals surface area contributed by atoms with Crippen LogP contribution in [0.25, 0.3) is 0 Å². The molecule has 0 aromatic heterocycles. The number of nitrogens with zero attached hydrogens (tertiary/aromatic N) is 1. The average Bonchev–Trinajstić information content (AvgIpc) is 2.35. The second kappa shape index (κ2) is 5.51. The lowest BCUT2D eigenvalue weighted by Crippen LogP contribution is -2.32. The number of fused-ring (bicyclic) bond motifs is 1. The highest BCUT2D eigenvalue weighted by Crippen LogP contribution is 2.34. The number of benzene rings is 1. The molecular formula is C15H23N3O. The maximum absolute atomic E-state index is 11.4. The Kier molecular flexibility index (Phi) is 3.98. The molecular weight excluding hydrogens is 238 g/mol. The first-order valence-corrected chi connectivity index (χ1v) is 7.01. The highest BCUT2D eigenvalue weighted by Gasteiger charge is 2.19. The van der Waals surface area contributed by atoms with Gasteiger partial charge >= 0.3 is 0 Å². The van der Waals surface area contributed by atoms with E-state index in [1.54, 1.807) is 0 Å². The average molecular weight is 261 g/mol. The van der Waals surface area contributed by atoms with Crippen LogP contribution in [0.5, 0.6) is 0 Å². The van der Waals surface area contributed by atoms with Crippen LogP contribution in [-0.4, -0.2) is 18.5 Å². The fourth-order valence-corrected chi connectivity index (χ4v) is 2.58. The number of rotatable bonds is 4. The Balaban J connectivity index is 2.38. The maximum Gasteiger partial charge on any atom is 0.224 e. The zero-order chi connectivity index (χ0) is 14.0. The Morgan fingerprint density at radius 3 is 2.74 bits per heavy atom. The van der Waals surface area contributed by atoms with Crippen LogP contribution in [0.2, 0.25) is 0 Å². The molecule has 3 N–H and O–H groups in total. The first-order chi connectivity index (χ1) is 9.02. The Morgan fingerprint density at radius 1 is 1.37 bits per heavy atom. The third-order valence-electron chi connectivity index (χ3n) is 3.55. The predicted molar refractivity (Wildman–Crippen MR) is 80.6 cm³/mol. The van der Waals surface area contributed by atoms with E-state index in [0.29, 0.717) is 12.5 Å². The molecule has 0 fully saturated rings. The van der Waals surface area contributed by atoms with Crippen molar-refractivity contribution in [2.24, 2.45) is 0 Å². The first-order valence-electron chi connectivity index (χ1n) is 7.01. The number of hydrogen-bond donors (Lipinski definition) is 2. The minimum atomic E-state index is 0.0777. The van der Waals surface area contributed by atoms with Crippen LogP contribution >= 0.6 is 0 Å². The Hall–Kier alpha value is -1.71. The van der Waals surface area contributed by atoms with E-state index in [1.165, 1.54) is 5.56 Å². The van der Waals surface area contributed by atoms with E-state index in [1.807, 2.05) is 6.07 Å². The molecule has 1 amide bonds. The molecule has 104 valence electrons. The highest BCUT2D eigenvalue weighted by atomic mass is 16.1. The summed E-state index contributed by atoms with van der Waals surface area (Å²) < 4.78 is 0. The Labute approximate surface area is 115 Å². The minimum Gasteiger partial charge on any atom is -0.397 e. The summed E-state index contributed by atoms with van der Waals surface area (Å²) >= 11 is 0. The summed E-state index contributed by atoms with van der Waals surface area (Å²) in [5, 5.41) is 2.89. The number of nitrogens with one attached hydrogen (secondary N) is 1. The van der Waals surface area contributed by atoms with Gasteiger partial charge in [-0.05, 0) is 44.4 Å². The van der Waals surface area contributed by atoms with Crippen LogP contribution in [0.15, 0.2) is 12.1 Å². The molecule has 2 rings (SSSR count). The van der Waals surface area contributed by atoms with E-state index < -0.39 is 0 Å². The molecule has 4 heteroatoms. The molecule has 0 saturated heterocycles. The SMILES string of the molecule is CCCN(c1cc2c(cc1N)NC(=O)CC2)C(C)C. The van der Waals surface area contributed by atoms with Gasteiger partial charge in [0.15, 0.2) is 0 Å². The van der Waals surface area contributed by atoms with Gasteiger partial charge in [0.1, 0.15) is 0 Å². The number of hydrogen-bond acceptors (Lipinski definition) is 3. The van der Waals surface area contributed by atoms with Crippen molar-refractivity contribution in [2.45, 2.75) is 46.1 Å². The summed E-state index contributed by atoms with van der Waals surface area (Å²) in [7, 11) is 0. The molecule has 0 radical (unpaired) electrons. The molecule has 0 bridgehead atoms.